The van der Waals surface area contributed by atoms with Crippen molar-refractivity contribution in [2.45, 2.75) is 12.8 Å². The number of furan rings is 1. The zero-order valence-electron chi connectivity index (χ0n) is 11.9. The number of aliphatic hydroxyl groups is 1. The second-order valence-corrected chi connectivity index (χ2v) is 5.47. The first-order valence-corrected chi connectivity index (χ1v) is 7.05. The first-order valence-electron chi connectivity index (χ1n) is 7.05. The maximum Gasteiger partial charge on any atom is 0.289 e. The second-order valence-electron chi connectivity index (χ2n) is 5.47. The molecule has 1 amide bonds. The summed E-state index contributed by atoms with van der Waals surface area (Å²) in [6, 6.07) is 5.67. The maximum atomic E-state index is 12.5. The third-order valence-corrected chi connectivity index (χ3v) is 4.15. The van der Waals surface area contributed by atoms with Gasteiger partial charge in [-0.1, -0.05) is 0 Å². The molecule has 1 fully saturated rings. The van der Waals surface area contributed by atoms with Gasteiger partial charge in [-0.25, -0.2) is 0 Å². The Kier molecular flexibility index (Phi) is 3.75. The van der Waals surface area contributed by atoms with Crippen molar-refractivity contribution in [3.8, 4) is 0 Å². The van der Waals surface area contributed by atoms with Crippen LogP contribution in [0.1, 0.15) is 27.6 Å². The molecule has 21 heavy (non-hydrogen) atoms. The van der Waals surface area contributed by atoms with E-state index in [1.54, 1.807) is 23.4 Å². The van der Waals surface area contributed by atoms with Crippen LogP contribution >= 0.6 is 0 Å². The Morgan fingerprint density at radius 3 is 2.76 bits per heavy atom. The quantitative estimate of drug-likeness (QED) is 0.935. The summed E-state index contributed by atoms with van der Waals surface area (Å²) in [6.07, 6.45) is 5.01. The molecule has 5 heteroatoms. The summed E-state index contributed by atoms with van der Waals surface area (Å²) in [4.78, 5) is 18.3. The van der Waals surface area contributed by atoms with E-state index in [0.717, 1.165) is 11.1 Å². The summed E-state index contributed by atoms with van der Waals surface area (Å²) in [5.74, 6) is 0.471. The van der Waals surface area contributed by atoms with Crippen LogP contribution < -0.4 is 0 Å². The number of rotatable bonds is 3. The number of carbonyl (C=O) groups is 1. The molecule has 1 aliphatic heterocycles. The molecule has 0 bridgehead atoms. The Balaban J connectivity index is 1.81. The largest absolute Gasteiger partial charge is 0.459 e. The number of nitrogens with zero attached hydrogens (tertiary/aromatic N) is 2. The van der Waals surface area contributed by atoms with E-state index in [2.05, 4.69) is 4.98 Å². The molecule has 0 aromatic carbocycles. The van der Waals surface area contributed by atoms with Crippen molar-refractivity contribution in [1.82, 2.24) is 9.88 Å². The van der Waals surface area contributed by atoms with Gasteiger partial charge in [0.25, 0.3) is 5.91 Å². The van der Waals surface area contributed by atoms with Gasteiger partial charge in [-0.05, 0) is 30.7 Å². The molecule has 0 saturated carbocycles. The first-order chi connectivity index (χ1) is 10.2. The van der Waals surface area contributed by atoms with E-state index in [9.17, 15) is 9.90 Å². The normalized spacial score (nSPS) is 21.7. The summed E-state index contributed by atoms with van der Waals surface area (Å²) in [6.45, 7) is 3.06. The molecule has 3 rings (SSSR count). The van der Waals surface area contributed by atoms with Crippen LogP contribution in [0.5, 0.6) is 0 Å². The molecule has 1 N–H and O–H groups in total. The van der Waals surface area contributed by atoms with Crippen LogP contribution in [0.2, 0.25) is 0 Å². The number of likely N-dealkylation sites (tertiary alicyclic amines) is 1. The Labute approximate surface area is 123 Å². The Hall–Kier alpha value is -2.14. The highest BCUT2D eigenvalue weighted by Crippen LogP contribution is 2.33. The molecule has 0 radical (unpaired) electrons. The average Bonchev–Trinajstić information content (AvgIpc) is 3.13. The predicted molar refractivity (Wildman–Crippen MR) is 76.9 cm³/mol. The lowest BCUT2D eigenvalue weighted by atomic mass is 9.90. The molecular weight excluding hydrogens is 268 g/mol. The van der Waals surface area contributed by atoms with Crippen molar-refractivity contribution in [2.75, 3.05) is 19.7 Å². The van der Waals surface area contributed by atoms with Gasteiger partial charge in [0.05, 0.1) is 6.26 Å². The van der Waals surface area contributed by atoms with Gasteiger partial charge in [-0.2, -0.15) is 0 Å². The van der Waals surface area contributed by atoms with E-state index in [1.807, 2.05) is 19.1 Å². The van der Waals surface area contributed by atoms with Gasteiger partial charge in [0.2, 0.25) is 0 Å². The van der Waals surface area contributed by atoms with E-state index in [1.165, 1.54) is 6.26 Å². The monoisotopic (exact) mass is 286 g/mol. The average molecular weight is 286 g/mol. The minimum Gasteiger partial charge on any atom is -0.459 e. The lowest BCUT2D eigenvalue weighted by Crippen LogP contribution is -2.29. The van der Waals surface area contributed by atoms with E-state index >= 15 is 0 Å². The lowest BCUT2D eigenvalue weighted by Gasteiger charge is -2.16. The predicted octanol–water partition coefficient (Wildman–Crippen LogP) is 1.83. The number of aromatic nitrogens is 1. The molecule has 5 nitrogen and oxygen atoms in total. The molecular formula is C16H18N2O3. The van der Waals surface area contributed by atoms with Gasteiger partial charge in [0.15, 0.2) is 5.76 Å². The third-order valence-electron chi connectivity index (χ3n) is 4.15. The number of aliphatic hydroxyl groups excluding tert-OH is 1. The van der Waals surface area contributed by atoms with Gasteiger partial charge in [0.1, 0.15) is 0 Å². The van der Waals surface area contributed by atoms with E-state index in [-0.39, 0.29) is 24.3 Å². The summed E-state index contributed by atoms with van der Waals surface area (Å²) in [7, 11) is 0. The third kappa shape index (κ3) is 2.56. The molecule has 2 aromatic heterocycles. The van der Waals surface area contributed by atoms with Gasteiger partial charge in [-0.3, -0.25) is 9.78 Å². The second kappa shape index (κ2) is 5.69. The number of hydrogen-bond acceptors (Lipinski definition) is 4. The number of aryl methyl sites for hydroxylation is 1. The van der Waals surface area contributed by atoms with Crippen LogP contribution in [0.25, 0.3) is 0 Å². The molecule has 2 atom stereocenters. The molecule has 0 aliphatic carbocycles. The van der Waals surface area contributed by atoms with Crippen LogP contribution in [0.15, 0.2) is 41.3 Å². The van der Waals surface area contributed by atoms with Crippen molar-refractivity contribution < 1.29 is 14.3 Å². The van der Waals surface area contributed by atoms with Crippen molar-refractivity contribution in [1.29, 1.82) is 0 Å². The molecule has 1 aliphatic rings. The molecule has 1 saturated heterocycles. The van der Waals surface area contributed by atoms with E-state index < -0.39 is 0 Å². The Morgan fingerprint density at radius 1 is 1.38 bits per heavy atom. The molecule has 110 valence electrons. The standard InChI is InChI=1S/C16H18N2O3/c1-11-4-7-21-15(11)16(20)18-8-13(10-19)14(9-18)12-2-5-17-6-3-12/h2-7,13-14,19H,8-10H2,1H3/t13-,14-/m0/s1. The fourth-order valence-electron chi connectivity index (χ4n) is 2.95. The summed E-state index contributed by atoms with van der Waals surface area (Å²) in [5, 5.41) is 9.61. The summed E-state index contributed by atoms with van der Waals surface area (Å²) in [5.41, 5.74) is 1.95. The maximum absolute atomic E-state index is 12.5. The van der Waals surface area contributed by atoms with Crippen LogP contribution in [0.4, 0.5) is 0 Å². The minimum atomic E-state index is -0.104. The van der Waals surface area contributed by atoms with E-state index in [4.69, 9.17) is 4.42 Å². The topological polar surface area (TPSA) is 66.6 Å². The minimum absolute atomic E-state index is 0.0478. The summed E-state index contributed by atoms with van der Waals surface area (Å²) < 4.78 is 5.28. The van der Waals surface area contributed by atoms with Gasteiger partial charge < -0.3 is 14.4 Å². The van der Waals surface area contributed by atoms with Crippen molar-refractivity contribution >= 4 is 5.91 Å². The number of carbonyl (C=O) groups excluding carboxylic acids is 1. The van der Waals surface area contributed by atoms with E-state index in [0.29, 0.717) is 18.8 Å². The molecule has 2 aromatic rings. The van der Waals surface area contributed by atoms with Crippen LogP contribution in [-0.4, -0.2) is 40.6 Å². The van der Waals surface area contributed by atoms with Gasteiger partial charge >= 0.3 is 0 Å². The number of hydrogen-bond donors (Lipinski definition) is 1. The number of pyridine rings is 1. The van der Waals surface area contributed by atoms with Crippen molar-refractivity contribution in [3.05, 3.63) is 53.7 Å². The zero-order chi connectivity index (χ0) is 14.8. The Morgan fingerprint density at radius 2 is 2.14 bits per heavy atom. The number of amides is 1. The summed E-state index contributed by atoms with van der Waals surface area (Å²) >= 11 is 0. The molecule has 3 heterocycles. The van der Waals surface area contributed by atoms with Crippen molar-refractivity contribution in [2.24, 2.45) is 5.92 Å². The molecule has 0 unspecified atom stereocenters. The van der Waals surface area contributed by atoms with Gasteiger partial charge in [-0.15, -0.1) is 0 Å². The highest BCUT2D eigenvalue weighted by Gasteiger charge is 2.37. The van der Waals surface area contributed by atoms with Crippen LogP contribution in [0.3, 0.4) is 0 Å². The zero-order valence-corrected chi connectivity index (χ0v) is 11.9. The highest BCUT2D eigenvalue weighted by molar-refractivity contribution is 5.93. The van der Waals surface area contributed by atoms with Crippen molar-refractivity contribution in [3.63, 3.8) is 0 Å². The Bertz CT molecular complexity index is 623. The first kappa shape index (κ1) is 13.8. The SMILES string of the molecule is Cc1ccoc1C(=O)N1C[C@@H](CO)[C@H](c2ccncc2)C1. The molecule has 0 spiro atoms. The smallest absolute Gasteiger partial charge is 0.289 e. The van der Waals surface area contributed by atoms with Crippen LogP contribution in [-0.2, 0) is 0 Å². The highest BCUT2D eigenvalue weighted by atomic mass is 16.3. The van der Waals surface area contributed by atoms with Gasteiger partial charge in [0, 0.05) is 49.5 Å². The van der Waals surface area contributed by atoms with Crippen LogP contribution in [0, 0.1) is 12.8 Å². The fourth-order valence-corrected chi connectivity index (χ4v) is 2.95. The lowest BCUT2D eigenvalue weighted by molar-refractivity contribution is 0.0748. The fraction of sp³-hybridized carbons (Fsp3) is 0.375.